The van der Waals surface area contributed by atoms with E-state index in [1.165, 1.54) is 0 Å². The number of aryl methyl sites for hydroxylation is 2. The van der Waals surface area contributed by atoms with Crippen molar-refractivity contribution in [1.29, 1.82) is 0 Å². The van der Waals surface area contributed by atoms with Crippen molar-refractivity contribution in [3.63, 3.8) is 0 Å². The number of carbonyl (C=O) groups is 1. The van der Waals surface area contributed by atoms with Crippen molar-refractivity contribution in [1.82, 2.24) is 24.8 Å². The molecule has 0 aromatic carbocycles. The van der Waals surface area contributed by atoms with Gasteiger partial charge in [0.15, 0.2) is 5.82 Å². The van der Waals surface area contributed by atoms with Crippen molar-refractivity contribution < 1.29 is 18.8 Å². The van der Waals surface area contributed by atoms with Gasteiger partial charge in [-0.25, -0.2) is 0 Å². The minimum Gasteiger partial charge on any atom is -0.385 e. The number of ether oxygens (including phenoxy) is 2. The third-order valence-electron chi connectivity index (χ3n) is 6.64. The molecule has 2 aromatic rings. The van der Waals surface area contributed by atoms with Gasteiger partial charge in [0.05, 0.1) is 16.7 Å². The van der Waals surface area contributed by atoms with Crippen molar-refractivity contribution in [3.05, 3.63) is 29.2 Å². The number of likely N-dealkylation sites (tertiary alicyclic amines) is 1. The number of hydrogen-bond acceptors (Lipinski definition) is 7. The number of aromatic nitrogens is 4. The van der Waals surface area contributed by atoms with E-state index >= 15 is 0 Å². The Kier molecular flexibility index (Phi) is 6.71. The van der Waals surface area contributed by atoms with Gasteiger partial charge in [0.25, 0.3) is 5.91 Å². The zero-order valence-electron chi connectivity index (χ0n) is 18.8. The molecule has 9 nitrogen and oxygen atoms in total. The number of rotatable bonds is 7. The summed E-state index contributed by atoms with van der Waals surface area (Å²) in [5.41, 5.74) is 1.06. The normalized spacial score (nSPS) is 22.7. The van der Waals surface area contributed by atoms with Crippen molar-refractivity contribution >= 4 is 5.91 Å². The van der Waals surface area contributed by atoms with Gasteiger partial charge >= 0.3 is 0 Å². The molecule has 0 aliphatic carbocycles. The molecule has 4 heterocycles. The molecular formula is C22H33N5O4. The van der Waals surface area contributed by atoms with Crippen LogP contribution in [0.25, 0.3) is 0 Å². The van der Waals surface area contributed by atoms with Gasteiger partial charge < -0.3 is 18.9 Å². The summed E-state index contributed by atoms with van der Waals surface area (Å²) in [6, 6.07) is 0. The average Bonchev–Trinajstić information content (AvgIpc) is 3.45. The van der Waals surface area contributed by atoms with Crippen LogP contribution in [0, 0.1) is 6.92 Å². The van der Waals surface area contributed by atoms with Crippen molar-refractivity contribution in [2.24, 2.45) is 0 Å². The maximum atomic E-state index is 13.4. The third kappa shape index (κ3) is 4.52. The van der Waals surface area contributed by atoms with Crippen LogP contribution >= 0.6 is 0 Å². The van der Waals surface area contributed by atoms with Crippen LogP contribution in [0.3, 0.4) is 0 Å². The van der Waals surface area contributed by atoms with E-state index in [1.54, 1.807) is 7.11 Å². The Hall–Kier alpha value is -2.26. The first-order chi connectivity index (χ1) is 15.1. The molecule has 1 atom stereocenters. The molecule has 31 heavy (non-hydrogen) atoms. The molecule has 0 saturated carbocycles. The van der Waals surface area contributed by atoms with E-state index in [-0.39, 0.29) is 17.2 Å². The Morgan fingerprint density at radius 2 is 2.16 bits per heavy atom. The van der Waals surface area contributed by atoms with Crippen LogP contribution in [0.1, 0.15) is 72.7 Å². The van der Waals surface area contributed by atoms with Crippen LogP contribution in [0.5, 0.6) is 0 Å². The monoisotopic (exact) mass is 431 g/mol. The smallest absolute Gasteiger partial charge is 0.257 e. The van der Waals surface area contributed by atoms with Crippen LogP contribution in [0.15, 0.2) is 10.7 Å². The lowest BCUT2D eigenvalue weighted by Gasteiger charge is -2.40. The summed E-state index contributed by atoms with van der Waals surface area (Å²) < 4.78 is 18.4. The molecule has 1 amide bonds. The number of nitrogens with zero attached hydrogens (tertiary/aromatic N) is 5. The Bertz CT molecular complexity index is 888. The fourth-order valence-corrected chi connectivity index (χ4v) is 4.72. The van der Waals surface area contributed by atoms with E-state index in [0.29, 0.717) is 30.4 Å². The molecule has 2 aliphatic rings. The highest BCUT2D eigenvalue weighted by Crippen LogP contribution is 2.37. The fraction of sp³-hybridized carbons (Fsp3) is 0.727. The molecular weight excluding hydrogens is 398 g/mol. The first kappa shape index (κ1) is 22.0. The predicted octanol–water partition coefficient (Wildman–Crippen LogP) is 2.70. The number of methoxy groups -OCH3 is 1. The van der Waals surface area contributed by atoms with Crippen molar-refractivity contribution in [2.75, 3.05) is 40.0 Å². The summed E-state index contributed by atoms with van der Waals surface area (Å²) >= 11 is 0. The highest BCUT2D eigenvalue weighted by Gasteiger charge is 2.43. The van der Waals surface area contributed by atoms with Crippen LogP contribution in [0.4, 0.5) is 0 Å². The minimum absolute atomic E-state index is 0.0202. The van der Waals surface area contributed by atoms with Crippen LogP contribution in [0.2, 0.25) is 0 Å². The highest BCUT2D eigenvalue weighted by atomic mass is 16.5. The Morgan fingerprint density at radius 3 is 2.87 bits per heavy atom. The minimum atomic E-state index is -0.370. The summed E-state index contributed by atoms with van der Waals surface area (Å²) in [5.74, 6) is 1.66. The summed E-state index contributed by atoms with van der Waals surface area (Å²) in [6.07, 6.45) is 6.18. The lowest BCUT2D eigenvalue weighted by Crippen LogP contribution is -2.49. The zero-order chi connectivity index (χ0) is 21.8. The third-order valence-corrected chi connectivity index (χ3v) is 6.64. The Balaban J connectivity index is 1.58. The van der Waals surface area contributed by atoms with E-state index in [1.807, 2.05) is 29.6 Å². The standard InChI is InChI=1S/C22H33N5O4/c1-4-27-14-18(16(2)24-27)20(28)26-10-5-8-22(15-26,9-13-29-3)21-23-19(31-25-21)17-6-11-30-12-7-17/h14,17H,4-13,15H2,1-3H3. The number of hydrogen-bond donors (Lipinski definition) is 0. The van der Waals surface area contributed by atoms with Gasteiger partial charge in [-0.3, -0.25) is 9.48 Å². The number of carbonyl (C=O) groups excluding carboxylic acids is 1. The molecule has 1 unspecified atom stereocenters. The van der Waals surface area contributed by atoms with E-state index < -0.39 is 0 Å². The second-order valence-electron chi connectivity index (χ2n) is 8.68. The lowest BCUT2D eigenvalue weighted by molar-refractivity contribution is 0.0566. The van der Waals surface area contributed by atoms with Crippen LogP contribution < -0.4 is 0 Å². The van der Waals surface area contributed by atoms with E-state index in [2.05, 4.69) is 10.3 Å². The average molecular weight is 432 g/mol. The largest absolute Gasteiger partial charge is 0.385 e. The molecule has 9 heteroatoms. The fourth-order valence-electron chi connectivity index (χ4n) is 4.72. The van der Waals surface area contributed by atoms with Gasteiger partial charge in [-0.2, -0.15) is 10.1 Å². The maximum Gasteiger partial charge on any atom is 0.257 e. The topological polar surface area (TPSA) is 95.5 Å². The van der Waals surface area contributed by atoms with E-state index in [9.17, 15) is 4.79 Å². The molecule has 0 radical (unpaired) electrons. The van der Waals surface area contributed by atoms with E-state index in [4.69, 9.17) is 19.0 Å². The van der Waals surface area contributed by atoms with Gasteiger partial charge in [-0.05, 0) is 46.0 Å². The molecule has 170 valence electrons. The van der Waals surface area contributed by atoms with Crippen molar-refractivity contribution in [3.8, 4) is 0 Å². The first-order valence-electron chi connectivity index (χ1n) is 11.3. The van der Waals surface area contributed by atoms with Gasteiger partial charge in [-0.1, -0.05) is 5.16 Å². The molecule has 0 N–H and O–H groups in total. The molecule has 4 rings (SSSR count). The molecule has 0 bridgehead atoms. The molecule has 2 saturated heterocycles. The second-order valence-corrected chi connectivity index (χ2v) is 8.68. The van der Waals surface area contributed by atoms with Crippen LogP contribution in [-0.4, -0.2) is 70.7 Å². The SMILES string of the molecule is CCn1cc(C(=O)N2CCCC(CCOC)(c3noc(C4CCOCC4)n3)C2)c(C)n1. The van der Waals surface area contributed by atoms with E-state index in [0.717, 1.165) is 64.1 Å². The van der Waals surface area contributed by atoms with Gasteiger partial charge in [0.2, 0.25) is 5.89 Å². The maximum absolute atomic E-state index is 13.4. The molecule has 2 aromatic heterocycles. The lowest BCUT2D eigenvalue weighted by atomic mass is 9.76. The van der Waals surface area contributed by atoms with Crippen LogP contribution in [-0.2, 0) is 21.4 Å². The summed E-state index contributed by atoms with van der Waals surface area (Å²) in [4.78, 5) is 20.1. The number of piperidine rings is 1. The van der Waals surface area contributed by atoms with Gasteiger partial charge in [-0.15, -0.1) is 0 Å². The first-order valence-corrected chi connectivity index (χ1v) is 11.3. The Labute approximate surface area is 183 Å². The molecule has 2 aliphatic heterocycles. The quantitative estimate of drug-likeness (QED) is 0.665. The van der Waals surface area contributed by atoms with Gasteiger partial charge in [0, 0.05) is 58.7 Å². The second kappa shape index (κ2) is 9.48. The zero-order valence-corrected chi connectivity index (χ0v) is 18.8. The van der Waals surface area contributed by atoms with Gasteiger partial charge in [0.1, 0.15) is 0 Å². The molecule has 2 fully saturated rings. The summed E-state index contributed by atoms with van der Waals surface area (Å²) in [6.45, 7) is 7.95. The van der Waals surface area contributed by atoms with Crippen molar-refractivity contribution in [2.45, 2.75) is 63.8 Å². The summed E-state index contributed by atoms with van der Waals surface area (Å²) in [7, 11) is 1.70. The molecule has 0 spiro atoms. The number of amides is 1. The summed E-state index contributed by atoms with van der Waals surface area (Å²) in [5, 5.41) is 8.85. The predicted molar refractivity (Wildman–Crippen MR) is 113 cm³/mol. The Morgan fingerprint density at radius 1 is 1.35 bits per heavy atom. The highest BCUT2D eigenvalue weighted by molar-refractivity contribution is 5.95.